The minimum Gasteiger partial charge on any atom is -0.456 e. The van der Waals surface area contributed by atoms with Crippen molar-refractivity contribution in [3.05, 3.63) is 66.5 Å². The fraction of sp³-hybridized carbons (Fsp3) is 0.167. The third-order valence-electron chi connectivity index (χ3n) is 3.28. The molecular formula is C18H18N2O. The molecule has 21 heavy (non-hydrogen) atoms. The highest BCUT2D eigenvalue weighted by Crippen LogP contribution is 2.25. The number of ether oxygens (including phenoxy) is 1. The minimum absolute atomic E-state index is 0.114. The molecule has 0 aliphatic heterocycles. The first-order valence-electron chi connectivity index (χ1n) is 7.07. The summed E-state index contributed by atoms with van der Waals surface area (Å²) in [5.41, 5.74) is 6.91. The first kappa shape index (κ1) is 13.6. The number of nitrogens with zero attached hydrogens (tertiary/aromatic N) is 1. The fourth-order valence-corrected chi connectivity index (χ4v) is 2.37. The molecule has 0 radical (unpaired) electrons. The van der Waals surface area contributed by atoms with E-state index in [1.165, 1.54) is 5.39 Å². The third-order valence-corrected chi connectivity index (χ3v) is 3.28. The van der Waals surface area contributed by atoms with Crippen LogP contribution in [0, 0.1) is 0 Å². The van der Waals surface area contributed by atoms with E-state index >= 15 is 0 Å². The number of hydrogen-bond donors (Lipinski definition) is 1. The molecule has 0 saturated heterocycles. The average Bonchev–Trinajstić information content (AvgIpc) is 2.47. The largest absolute Gasteiger partial charge is 0.456 e. The van der Waals surface area contributed by atoms with E-state index in [-0.39, 0.29) is 6.04 Å². The molecule has 0 saturated carbocycles. The maximum atomic E-state index is 5.91. The number of nitrogens with two attached hydrogens (primary N) is 1. The molecule has 1 unspecified atom stereocenters. The Morgan fingerprint density at radius 2 is 1.81 bits per heavy atom. The highest BCUT2D eigenvalue weighted by molar-refractivity contribution is 5.83. The molecule has 1 heterocycles. The van der Waals surface area contributed by atoms with Gasteiger partial charge in [0.25, 0.3) is 0 Å². The van der Waals surface area contributed by atoms with E-state index in [9.17, 15) is 0 Å². The summed E-state index contributed by atoms with van der Waals surface area (Å²) in [5, 5.41) is 2.36. The quantitative estimate of drug-likeness (QED) is 0.787. The van der Waals surface area contributed by atoms with Crippen molar-refractivity contribution < 1.29 is 4.74 Å². The van der Waals surface area contributed by atoms with Gasteiger partial charge in [0.05, 0.1) is 6.20 Å². The van der Waals surface area contributed by atoms with Crippen LogP contribution in [0.2, 0.25) is 0 Å². The normalized spacial score (nSPS) is 12.3. The second kappa shape index (κ2) is 5.94. The summed E-state index contributed by atoms with van der Waals surface area (Å²) in [5.74, 6) is 1.55. The standard InChI is InChI=1S/C18H18N2O/c1-13(19)8-14-9-18(12-20-11-14)21-17-7-6-15-4-2-3-5-16(15)10-17/h2-7,9-13H,8,19H2,1H3. The zero-order chi connectivity index (χ0) is 14.7. The van der Waals surface area contributed by atoms with Gasteiger partial charge in [0.15, 0.2) is 0 Å². The van der Waals surface area contributed by atoms with Crippen LogP contribution in [0.5, 0.6) is 11.5 Å². The molecule has 3 nitrogen and oxygen atoms in total. The Balaban J connectivity index is 1.84. The molecule has 0 fully saturated rings. The van der Waals surface area contributed by atoms with Crippen LogP contribution in [0.3, 0.4) is 0 Å². The molecule has 0 spiro atoms. The van der Waals surface area contributed by atoms with Crippen LogP contribution in [0.4, 0.5) is 0 Å². The number of benzene rings is 2. The highest BCUT2D eigenvalue weighted by atomic mass is 16.5. The Bertz CT molecular complexity index is 753. The zero-order valence-corrected chi connectivity index (χ0v) is 12.0. The number of hydrogen-bond acceptors (Lipinski definition) is 3. The van der Waals surface area contributed by atoms with E-state index in [0.717, 1.165) is 28.9 Å². The van der Waals surface area contributed by atoms with Crippen molar-refractivity contribution in [2.75, 3.05) is 0 Å². The molecule has 2 N–H and O–H groups in total. The van der Waals surface area contributed by atoms with E-state index in [0.29, 0.717) is 0 Å². The van der Waals surface area contributed by atoms with Gasteiger partial charge in [0.1, 0.15) is 11.5 Å². The van der Waals surface area contributed by atoms with Crippen LogP contribution in [0.25, 0.3) is 10.8 Å². The molecule has 0 aliphatic carbocycles. The summed E-state index contributed by atoms with van der Waals surface area (Å²) in [6, 6.07) is 16.4. The predicted octanol–water partition coefficient (Wildman–Crippen LogP) is 3.92. The van der Waals surface area contributed by atoms with Crippen molar-refractivity contribution in [1.29, 1.82) is 0 Å². The maximum Gasteiger partial charge on any atom is 0.145 e. The van der Waals surface area contributed by atoms with E-state index in [4.69, 9.17) is 10.5 Å². The Labute approximate surface area is 124 Å². The van der Waals surface area contributed by atoms with Gasteiger partial charge in [0.2, 0.25) is 0 Å². The smallest absolute Gasteiger partial charge is 0.145 e. The van der Waals surface area contributed by atoms with Crippen molar-refractivity contribution in [2.24, 2.45) is 5.73 Å². The number of aromatic nitrogens is 1. The highest BCUT2D eigenvalue weighted by Gasteiger charge is 2.03. The lowest BCUT2D eigenvalue weighted by atomic mass is 10.1. The Morgan fingerprint density at radius 3 is 2.62 bits per heavy atom. The van der Waals surface area contributed by atoms with E-state index in [1.54, 1.807) is 6.20 Å². The second-order valence-electron chi connectivity index (χ2n) is 5.32. The van der Waals surface area contributed by atoms with Crippen molar-refractivity contribution >= 4 is 10.8 Å². The van der Waals surface area contributed by atoms with Crippen molar-refractivity contribution in [2.45, 2.75) is 19.4 Å². The first-order valence-corrected chi connectivity index (χ1v) is 7.07. The molecular weight excluding hydrogens is 260 g/mol. The predicted molar refractivity (Wildman–Crippen MR) is 85.6 cm³/mol. The average molecular weight is 278 g/mol. The van der Waals surface area contributed by atoms with E-state index in [2.05, 4.69) is 23.2 Å². The Kier molecular flexibility index (Phi) is 3.84. The van der Waals surface area contributed by atoms with Gasteiger partial charge < -0.3 is 10.5 Å². The molecule has 3 heteroatoms. The van der Waals surface area contributed by atoms with Crippen LogP contribution < -0.4 is 10.5 Å². The molecule has 3 rings (SSSR count). The number of rotatable bonds is 4. The molecule has 0 bridgehead atoms. The molecule has 106 valence electrons. The van der Waals surface area contributed by atoms with Crippen molar-refractivity contribution in [1.82, 2.24) is 4.98 Å². The van der Waals surface area contributed by atoms with E-state index in [1.807, 2.05) is 43.5 Å². The summed E-state index contributed by atoms with van der Waals surface area (Å²) in [7, 11) is 0. The summed E-state index contributed by atoms with van der Waals surface area (Å²) in [4.78, 5) is 4.22. The van der Waals surface area contributed by atoms with Gasteiger partial charge in [-0.2, -0.15) is 0 Å². The van der Waals surface area contributed by atoms with Gasteiger partial charge in [-0.05, 0) is 47.9 Å². The van der Waals surface area contributed by atoms with Crippen molar-refractivity contribution in [3.8, 4) is 11.5 Å². The summed E-state index contributed by atoms with van der Waals surface area (Å²) >= 11 is 0. The van der Waals surface area contributed by atoms with Gasteiger partial charge in [-0.15, -0.1) is 0 Å². The molecule has 0 aliphatic rings. The maximum absolute atomic E-state index is 5.91. The first-order chi connectivity index (χ1) is 10.2. The summed E-state index contributed by atoms with van der Waals surface area (Å²) in [6.45, 7) is 1.98. The zero-order valence-electron chi connectivity index (χ0n) is 12.0. The van der Waals surface area contributed by atoms with Crippen LogP contribution in [-0.2, 0) is 6.42 Å². The fourth-order valence-electron chi connectivity index (χ4n) is 2.37. The minimum atomic E-state index is 0.114. The molecule has 1 atom stereocenters. The summed E-state index contributed by atoms with van der Waals surface area (Å²) in [6.07, 6.45) is 4.35. The van der Waals surface area contributed by atoms with Gasteiger partial charge in [-0.1, -0.05) is 30.3 Å². The van der Waals surface area contributed by atoms with Gasteiger partial charge in [0, 0.05) is 12.2 Å². The molecule has 3 aromatic rings. The lowest BCUT2D eigenvalue weighted by Gasteiger charge is -2.09. The van der Waals surface area contributed by atoms with Gasteiger partial charge in [-0.25, -0.2) is 0 Å². The van der Waals surface area contributed by atoms with E-state index < -0.39 is 0 Å². The second-order valence-corrected chi connectivity index (χ2v) is 5.32. The lowest BCUT2D eigenvalue weighted by molar-refractivity contribution is 0.480. The number of fused-ring (bicyclic) bond motifs is 1. The van der Waals surface area contributed by atoms with Gasteiger partial charge >= 0.3 is 0 Å². The topological polar surface area (TPSA) is 48.1 Å². The molecule has 0 amide bonds. The molecule has 2 aromatic carbocycles. The van der Waals surface area contributed by atoms with Crippen LogP contribution in [0.15, 0.2) is 60.9 Å². The number of pyridine rings is 1. The van der Waals surface area contributed by atoms with Crippen LogP contribution in [-0.4, -0.2) is 11.0 Å². The van der Waals surface area contributed by atoms with Gasteiger partial charge in [-0.3, -0.25) is 4.98 Å². The molecule has 1 aromatic heterocycles. The SMILES string of the molecule is CC(N)Cc1cncc(Oc2ccc3ccccc3c2)c1. The Morgan fingerprint density at radius 1 is 1.00 bits per heavy atom. The lowest BCUT2D eigenvalue weighted by Crippen LogP contribution is -2.17. The van der Waals surface area contributed by atoms with Crippen LogP contribution >= 0.6 is 0 Å². The third kappa shape index (κ3) is 3.38. The summed E-state index contributed by atoms with van der Waals surface area (Å²) < 4.78 is 5.91. The van der Waals surface area contributed by atoms with Crippen molar-refractivity contribution in [3.63, 3.8) is 0 Å². The van der Waals surface area contributed by atoms with Crippen LogP contribution in [0.1, 0.15) is 12.5 Å². The monoisotopic (exact) mass is 278 g/mol. The Hall–Kier alpha value is -2.39.